The molecule has 0 heterocycles. The van der Waals surface area contributed by atoms with Crippen molar-refractivity contribution in [2.45, 2.75) is 12.5 Å². The number of hydrogen-bond acceptors (Lipinski definition) is 3. The van der Waals surface area contributed by atoms with Gasteiger partial charge in [-0.3, -0.25) is 10.1 Å². The van der Waals surface area contributed by atoms with Crippen LogP contribution in [0.4, 0.5) is 5.69 Å². The summed E-state index contributed by atoms with van der Waals surface area (Å²) in [6.07, 6.45) is 0.550. The Bertz CT molecular complexity index is 609. The van der Waals surface area contributed by atoms with Crippen LogP contribution < -0.4 is 5.73 Å². The minimum atomic E-state index is -0.430. The van der Waals surface area contributed by atoms with E-state index in [1.807, 2.05) is 0 Å². The lowest BCUT2D eigenvalue weighted by molar-refractivity contribution is -0.384. The number of benzene rings is 2. The van der Waals surface area contributed by atoms with Crippen molar-refractivity contribution in [2.75, 3.05) is 0 Å². The minimum absolute atomic E-state index is 0.0631. The smallest absolute Gasteiger partial charge is 0.269 e. The number of nitrogens with two attached hydrogens (primary N) is 1. The third-order valence-electron chi connectivity index (χ3n) is 2.92. The van der Waals surface area contributed by atoms with E-state index in [4.69, 9.17) is 28.9 Å². The van der Waals surface area contributed by atoms with Crippen LogP contribution in [0.25, 0.3) is 0 Å². The van der Waals surface area contributed by atoms with Gasteiger partial charge in [0.1, 0.15) is 0 Å². The molecule has 2 rings (SSSR count). The molecule has 0 bridgehead atoms. The maximum absolute atomic E-state index is 10.6. The van der Waals surface area contributed by atoms with Gasteiger partial charge in [0.05, 0.1) is 4.92 Å². The van der Waals surface area contributed by atoms with Crippen molar-refractivity contribution >= 4 is 28.9 Å². The number of hydrogen-bond donors (Lipinski definition) is 1. The molecule has 0 saturated heterocycles. The molecule has 0 aliphatic carbocycles. The first kappa shape index (κ1) is 14.8. The molecule has 2 N–H and O–H groups in total. The van der Waals surface area contributed by atoms with Crippen molar-refractivity contribution < 1.29 is 4.92 Å². The van der Waals surface area contributed by atoms with Crippen LogP contribution in [0.1, 0.15) is 17.2 Å². The van der Waals surface area contributed by atoms with Gasteiger partial charge in [-0.2, -0.15) is 0 Å². The van der Waals surface area contributed by atoms with Crippen LogP contribution in [0.15, 0.2) is 42.5 Å². The molecule has 1 atom stereocenters. The van der Waals surface area contributed by atoms with Gasteiger partial charge in [0, 0.05) is 28.2 Å². The molecule has 104 valence electrons. The van der Waals surface area contributed by atoms with Crippen LogP contribution in [0.2, 0.25) is 10.0 Å². The Kier molecular flexibility index (Phi) is 4.60. The Labute approximate surface area is 126 Å². The summed E-state index contributed by atoms with van der Waals surface area (Å²) in [6, 6.07) is 11.2. The zero-order valence-electron chi connectivity index (χ0n) is 10.4. The third kappa shape index (κ3) is 3.70. The number of nitro groups is 1. The van der Waals surface area contributed by atoms with E-state index < -0.39 is 4.92 Å². The van der Waals surface area contributed by atoms with Gasteiger partial charge in [0.2, 0.25) is 0 Å². The molecule has 0 fully saturated rings. The summed E-state index contributed by atoms with van der Waals surface area (Å²) in [5.74, 6) is 0. The highest BCUT2D eigenvalue weighted by Crippen LogP contribution is 2.25. The van der Waals surface area contributed by atoms with Gasteiger partial charge in [-0.15, -0.1) is 0 Å². The Hall–Kier alpha value is -1.62. The third-order valence-corrected chi connectivity index (χ3v) is 3.35. The predicted octanol–water partition coefficient (Wildman–Crippen LogP) is 4.14. The largest absolute Gasteiger partial charge is 0.324 e. The second kappa shape index (κ2) is 6.22. The standard InChI is InChI=1S/C14H12Cl2N2O2/c15-11-6-10(7-12(16)8-11)14(17)5-9-1-3-13(4-2-9)18(19)20/h1-4,6-8,14H,5,17H2. The van der Waals surface area contributed by atoms with Gasteiger partial charge in [0.15, 0.2) is 0 Å². The van der Waals surface area contributed by atoms with Gasteiger partial charge in [-0.25, -0.2) is 0 Å². The van der Waals surface area contributed by atoms with Crippen LogP contribution >= 0.6 is 23.2 Å². The second-order valence-corrected chi connectivity index (χ2v) is 5.31. The Balaban J connectivity index is 2.14. The summed E-state index contributed by atoms with van der Waals surface area (Å²) in [6.45, 7) is 0. The zero-order chi connectivity index (χ0) is 14.7. The summed E-state index contributed by atoms with van der Waals surface area (Å²) in [5.41, 5.74) is 7.92. The van der Waals surface area contributed by atoms with Gasteiger partial charge >= 0.3 is 0 Å². The van der Waals surface area contributed by atoms with Gasteiger partial charge < -0.3 is 5.73 Å². The van der Waals surface area contributed by atoms with E-state index in [1.165, 1.54) is 12.1 Å². The highest BCUT2D eigenvalue weighted by Gasteiger charge is 2.10. The molecule has 6 heteroatoms. The molecule has 0 saturated carbocycles. The average molecular weight is 311 g/mol. The first-order valence-electron chi connectivity index (χ1n) is 5.90. The molecule has 0 aliphatic rings. The molecule has 2 aromatic carbocycles. The number of nitrogens with zero attached hydrogens (tertiary/aromatic N) is 1. The molecule has 0 aliphatic heterocycles. The first-order chi connectivity index (χ1) is 9.45. The highest BCUT2D eigenvalue weighted by atomic mass is 35.5. The second-order valence-electron chi connectivity index (χ2n) is 4.44. The predicted molar refractivity (Wildman–Crippen MR) is 80.2 cm³/mol. The van der Waals surface area contributed by atoms with Crippen molar-refractivity contribution in [1.29, 1.82) is 0 Å². The quantitative estimate of drug-likeness (QED) is 0.681. The number of nitro benzene ring substituents is 1. The summed E-state index contributed by atoms with van der Waals surface area (Å²) >= 11 is 11.9. The van der Waals surface area contributed by atoms with Crippen molar-refractivity contribution in [3.8, 4) is 0 Å². The number of rotatable bonds is 4. The Morgan fingerprint density at radius 2 is 1.65 bits per heavy atom. The normalized spacial score (nSPS) is 12.2. The monoisotopic (exact) mass is 310 g/mol. The van der Waals surface area contributed by atoms with Crippen molar-refractivity contribution in [1.82, 2.24) is 0 Å². The van der Waals surface area contributed by atoms with Crippen LogP contribution in [-0.4, -0.2) is 4.92 Å². The first-order valence-corrected chi connectivity index (χ1v) is 6.66. The van der Waals surface area contributed by atoms with Crippen LogP contribution in [0, 0.1) is 10.1 Å². The molecule has 1 unspecified atom stereocenters. The van der Waals surface area contributed by atoms with E-state index in [0.717, 1.165) is 11.1 Å². The lowest BCUT2D eigenvalue weighted by Crippen LogP contribution is -2.13. The van der Waals surface area contributed by atoms with E-state index in [-0.39, 0.29) is 11.7 Å². The molecular weight excluding hydrogens is 299 g/mol. The van der Waals surface area contributed by atoms with Crippen molar-refractivity contribution in [3.63, 3.8) is 0 Å². The van der Waals surface area contributed by atoms with E-state index >= 15 is 0 Å². The van der Waals surface area contributed by atoms with Crippen LogP contribution in [0.3, 0.4) is 0 Å². The summed E-state index contributed by atoms with van der Waals surface area (Å²) in [5, 5.41) is 11.7. The Morgan fingerprint density at radius 1 is 1.10 bits per heavy atom. The summed E-state index contributed by atoms with van der Waals surface area (Å²) < 4.78 is 0. The van der Waals surface area contributed by atoms with Gasteiger partial charge in [-0.05, 0) is 35.7 Å². The molecule has 0 spiro atoms. The minimum Gasteiger partial charge on any atom is -0.324 e. The molecule has 0 amide bonds. The van der Waals surface area contributed by atoms with Gasteiger partial charge in [0.25, 0.3) is 5.69 Å². The summed E-state index contributed by atoms with van der Waals surface area (Å²) in [7, 11) is 0. The van der Waals surface area contributed by atoms with Crippen LogP contribution in [0.5, 0.6) is 0 Å². The summed E-state index contributed by atoms with van der Waals surface area (Å²) in [4.78, 5) is 10.2. The fourth-order valence-electron chi connectivity index (χ4n) is 1.91. The average Bonchev–Trinajstić information content (AvgIpc) is 2.38. The number of halogens is 2. The fourth-order valence-corrected chi connectivity index (χ4v) is 2.46. The van der Waals surface area contributed by atoms with Crippen molar-refractivity contribution in [2.24, 2.45) is 5.73 Å². The lowest BCUT2D eigenvalue weighted by Gasteiger charge is -2.13. The molecule has 0 aromatic heterocycles. The maximum atomic E-state index is 10.6. The van der Waals surface area contributed by atoms with E-state index in [9.17, 15) is 10.1 Å². The molecule has 2 aromatic rings. The molecule has 0 radical (unpaired) electrons. The zero-order valence-corrected chi connectivity index (χ0v) is 11.9. The van der Waals surface area contributed by atoms with E-state index in [1.54, 1.807) is 30.3 Å². The fraction of sp³-hybridized carbons (Fsp3) is 0.143. The van der Waals surface area contributed by atoms with E-state index in [2.05, 4.69) is 0 Å². The van der Waals surface area contributed by atoms with Gasteiger partial charge in [-0.1, -0.05) is 35.3 Å². The molecule has 20 heavy (non-hydrogen) atoms. The number of non-ortho nitro benzene ring substituents is 1. The van der Waals surface area contributed by atoms with E-state index in [0.29, 0.717) is 16.5 Å². The van der Waals surface area contributed by atoms with Crippen molar-refractivity contribution in [3.05, 3.63) is 73.8 Å². The topological polar surface area (TPSA) is 69.2 Å². The molecular formula is C14H12Cl2N2O2. The SMILES string of the molecule is NC(Cc1ccc([N+](=O)[O-])cc1)c1cc(Cl)cc(Cl)c1. The Morgan fingerprint density at radius 3 is 2.15 bits per heavy atom. The lowest BCUT2D eigenvalue weighted by atomic mass is 9.99. The van der Waals surface area contributed by atoms with Crippen LogP contribution in [-0.2, 0) is 6.42 Å². The maximum Gasteiger partial charge on any atom is 0.269 e. The molecule has 4 nitrogen and oxygen atoms in total. The highest BCUT2D eigenvalue weighted by molar-refractivity contribution is 6.34.